The van der Waals surface area contributed by atoms with E-state index in [1.165, 1.54) is 6.20 Å². The van der Waals surface area contributed by atoms with Crippen molar-refractivity contribution in [2.24, 2.45) is 0 Å². The van der Waals surface area contributed by atoms with Crippen LogP contribution in [0, 0.1) is 9.39 Å². The van der Waals surface area contributed by atoms with Crippen LogP contribution in [0.5, 0.6) is 0 Å². The molecule has 4 nitrogen and oxygen atoms in total. The number of hydrogen-bond donors (Lipinski definition) is 1. The Kier molecular flexibility index (Phi) is 4.06. The Labute approximate surface area is 107 Å². The topological polar surface area (TPSA) is 51.2 Å². The molecule has 6 heteroatoms. The molecule has 1 aromatic rings. The van der Waals surface area contributed by atoms with E-state index >= 15 is 0 Å². The fraction of sp³-hybridized carbons (Fsp3) is 0.400. The van der Waals surface area contributed by atoms with Gasteiger partial charge >= 0.3 is 6.09 Å². The molecule has 0 unspecified atom stereocenters. The second kappa shape index (κ2) is 4.94. The first-order valence-electron chi connectivity index (χ1n) is 4.59. The largest absolute Gasteiger partial charge is 0.444 e. The zero-order valence-corrected chi connectivity index (χ0v) is 11.3. The molecule has 1 rings (SSSR count). The maximum atomic E-state index is 13.1. The Morgan fingerprint density at radius 2 is 2.19 bits per heavy atom. The lowest BCUT2D eigenvalue weighted by atomic mass is 10.2. The summed E-state index contributed by atoms with van der Waals surface area (Å²) < 4.78 is 18.5. The van der Waals surface area contributed by atoms with Crippen molar-refractivity contribution in [3.63, 3.8) is 0 Å². The molecule has 1 N–H and O–H groups in total. The molecular formula is C10H12FIN2O2. The number of amides is 1. The molecular weight excluding hydrogens is 326 g/mol. The molecule has 0 aliphatic carbocycles. The van der Waals surface area contributed by atoms with E-state index in [4.69, 9.17) is 4.74 Å². The average Bonchev–Trinajstić information content (AvgIpc) is 2.08. The summed E-state index contributed by atoms with van der Waals surface area (Å²) in [5, 5.41) is 2.35. The zero-order chi connectivity index (χ0) is 12.3. The van der Waals surface area contributed by atoms with E-state index < -0.39 is 17.5 Å². The van der Waals surface area contributed by atoms with Gasteiger partial charge in [-0.05, 0) is 43.4 Å². The Hall–Kier alpha value is -0.920. The van der Waals surface area contributed by atoms with Crippen LogP contribution in [0.15, 0.2) is 12.3 Å². The molecule has 88 valence electrons. The summed E-state index contributed by atoms with van der Waals surface area (Å²) in [4.78, 5) is 15.2. The predicted octanol–water partition coefficient (Wildman–Crippen LogP) is 3.17. The van der Waals surface area contributed by atoms with Crippen LogP contribution in [0.2, 0.25) is 0 Å². The zero-order valence-electron chi connectivity index (χ0n) is 9.17. The third-order valence-corrected chi connectivity index (χ3v) is 2.23. The van der Waals surface area contributed by atoms with Gasteiger partial charge in [-0.25, -0.2) is 14.2 Å². The van der Waals surface area contributed by atoms with Gasteiger partial charge in [0.05, 0.1) is 3.57 Å². The molecule has 16 heavy (non-hydrogen) atoms. The highest BCUT2D eigenvalue weighted by Gasteiger charge is 2.16. The summed E-state index contributed by atoms with van der Waals surface area (Å²) >= 11 is 1.82. The molecule has 1 heterocycles. The third-order valence-electron chi connectivity index (χ3n) is 1.44. The van der Waals surface area contributed by atoms with Gasteiger partial charge in [-0.1, -0.05) is 0 Å². The molecule has 0 saturated heterocycles. The Balaban J connectivity index is 2.67. The van der Waals surface area contributed by atoms with E-state index in [0.29, 0.717) is 3.57 Å². The van der Waals surface area contributed by atoms with Gasteiger partial charge in [-0.15, -0.1) is 0 Å². The summed E-state index contributed by atoms with van der Waals surface area (Å²) in [5.41, 5.74) is -0.591. The van der Waals surface area contributed by atoms with E-state index in [-0.39, 0.29) is 5.82 Å². The molecule has 0 radical (unpaired) electrons. The van der Waals surface area contributed by atoms with E-state index in [9.17, 15) is 9.18 Å². The quantitative estimate of drug-likeness (QED) is 0.801. The van der Waals surface area contributed by atoms with E-state index in [1.54, 1.807) is 20.8 Å². The molecule has 0 aliphatic rings. The Bertz CT molecular complexity index is 404. The molecule has 1 aromatic heterocycles. The number of pyridine rings is 1. The lowest BCUT2D eigenvalue weighted by Gasteiger charge is -2.19. The summed E-state index contributed by atoms with van der Waals surface area (Å²) in [6.07, 6.45) is 0.684. The predicted molar refractivity (Wildman–Crippen MR) is 66.8 cm³/mol. The van der Waals surface area contributed by atoms with Crippen molar-refractivity contribution in [3.8, 4) is 0 Å². The van der Waals surface area contributed by atoms with Gasteiger partial charge in [0.1, 0.15) is 17.2 Å². The van der Waals surface area contributed by atoms with Crippen molar-refractivity contribution in [1.82, 2.24) is 4.98 Å². The van der Waals surface area contributed by atoms with Crippen LogP contribution in [0.25, 0.3) is 0 Å². The number of rotatable bonds is 1. The lowest BCUT2D eigenvalue weighted by Crippen LogP contribution is -2.27. The van der Waals surface area contributed by atoms with Crippen LogP contribution < -0.4 is 5.32 Å². The van der Waals surface area contributed by atoms with Crippen LogP contribution in [0.1, 0.15) is 20.8 Å². The Morgan fingerprint density at radius 1 is 1.56 bits per heavy atom. The number of carbonyl (C=O) groups is 1. The first-order valence-corrected chi connectivity index (χ1v) is 5.67. The first-order chi connectivity index (χ1) is 7.28. The van der Waals surface area contributed by atoms with Gasteiger partial charge in [0.25, 0.3) is 0 Å². The van der Waals surface area contributed by atoms with Gasteiger partial charge in [0.15, 0.2) is 0 Å². The fourth-order valence-electron chi connectivity index (χ4n) is 0.891. The Morgan fingerprint density at radius 3 is 2.69 bits per heavy atom. The minimum absolute atomic E-state index is 0.132. The lowest BCUT2D eigenvalue weighted by molar-refractivity contribution is 0.0635. The van der Waals surface area contributed by atoms with Crippen LogP contribution in [0.3, 0.4) is 0 Å². The number of halogens is 2. The molecule has 0 atom stereocenters. The number of nitrogens with one attached hydrogen (secondary N) is 1. The van der Waals surface area contributed by atoms with Crippen LogP contribution in [-0.4, -0.2) is 16.7 Å². The smallest absolute Gasteiger partial charge is 0.413 e. The molecule has 0 saturated carbocycles. The van der Waals surface area contributed by atoms with Crippen molar-refractivity contribution in [3.05, 3.63) is 21.7 Å². The molecule has 0 aliphatic heterocycles. The minimum Gasteiger partial charge on any atom is -0.444 e. The first kappa shape index (κ1) is 13.1. The second-order valence-corrected chi connectivity index (χ2v) is 5.27. The van der Waals surface area contributed by atoms with Crippen LogP contribution in [-0.2, 0) is 4.74 Å². The minimum atomic E-state index is -0.652. The highest BCUT2D eigenvalue weighted by atomic mass is 127. The maximum absolute atomic E-state index is 13.1. The van der Waals surface area contributed by atoms with Gasteiger partial charge in [0.2, 0.25) is 0 Å². The summed E-state index contributed by atoms with van der Waals surface area (Å²) in [6.45, 7) is 5.23. The van der Waals surface area contributed by atoms with Crippen LogP contribution >= 0.6 is 22.6 Å². The highest BCUT2D eigenvalue weighted by molar-refractivity contribution is 14.1. The second-order valence-electron chi connectivity index (χ2n) is 4.11. The number of anilines is 1. The van der Waals surface area contributed by atoms with E-state index in [0.717, 1.165) is 6.07 Å². The van der Waals surface area contributed by atoms with E-state index in [1.807, 2.05) is 22.6 Å². The van der Waals surface area contributed by atoms with Crippen molar-refractivity contribution in [2.75, 3.05) is 5.32 Å². The van der Waals surface area contributed by atoms with Crippen molar-refractivity contribution < 1.29 is 13.9 Å². The van der Waals surface area contributed by atoms with Crippen molar-refractivity contribution in [1.29, 1.82) is 0 Å². The SMILES string of the molecule is CC(C)(C)OC(=O)Nc1cc(F)c(I)cn1. The molecule has 0 bridgehead atoms. The normalized spacial score (nSPS) is 11.1. The monoisotopic (exact) mass is 338 g/mol. The molecule has 0 spiro atoms. The van der Waals surface area contributed by atoms with Gasteiger partial charge in [0, 0.05) is 12.3 Å². The van der Waals surface area contributed by atoms with Crippen molar-refractivity contribution in [2.45, 2.75) is 26.4 Å². The molecule has 0 fully saturated rings. The molecule has 0 aromatic carbocycles. The maximum Gasteiger partial charge on any atom is 0.413 e. The van der Waals surface area contributed by atoms with Gasteiger partial charge in [-0.2, -0.15) is 0 Å². The standard InChI is InChI=1S/C10H12FIN2O2/c1-10(2,3)16-9(15)14-8-4-6(11)7(12)5-13-8/h4-5H,1-3H3,(H,13,14,15). The summed E-state index contributed by atoms with van der Waals surface area (Å²) in [5.74, 6) is -0.297. The number of carbonyl (C=O) groups excluding carboxylic acids is 1. The summed E-state index contributed by atoms with van der Waals surface area (Å²) in [7, 11) is 0. The number of ether oxygens (including phenoxy) is 1. The summed E-state index contributed by atoms with van der Waals surface area (Å²) in [6, 6.07) is 1.14. The molecule has 1 amide bonds. The number of nitrogens with zero attached hydrogens (tertiary/aromatic N) is 1. The average molecular weight is 338 g/mol. The van der Waals surface area contributed by atoms with Gasteiger partial charge < -0.3 is 4.74 Å². The fourth-order valence-corrected chi connectivity index (χ4v) is 1.19. The van der Waals surface area contributed by atoms with Crippen molar-refractivity contribution >= 4 is 34.5 Å². The number of hydrogen-bond acceptors (Lipinski definition) is 3. The van der Waals surface area contributed by atoms with Gasteiger partial charge in [-0.3, -0.25) is 5.32 Å². The third kappa shape index (κ3) is 4.30. The van der Waals surface area contributed by atoms with Crippen LogP contribution in [0.4, 0.5) is 15.0 Å². The number of aromatic nitrogens is 1. The van der Waals surface area contributed by atoms with E-state index in [2.05, 4.69) is 10.3 Å². The highest BCUT2D eigenvalue weighted by Crippen LogP contribution is 2.14.